The Hall–Kier alpha value is -2.62. The van der Waals surface area contributed by atoms with Crippen molar-refractivity contribution >= 4 is 16.5 Å². The van der Waals surface area contributed by atoms with Crippen LogP contribution in [0.5, 0.6) is 0 Å². The van der Waals surface area contributed by atoms with Gasteiger partial charge in [0.05, 0.1) is 11.6 Å². The van der Waals surface area contributed by atoms with E-state index in [-0.39, 0.29) is 5.56 Å². The Morgan fingerprint density at radius 2 is 1.76 bits per heavy atom. The van der Waals surface area contributed by atoms with Gasteiger partial charge in [0, 0.05) is 24.2 Å². The number of nitrogens with one attached hydrogen (secondary N) is 1. The summed E-state index contributed by atoms with van der Waals surface area (Å²) in [7, 11) is 0. The Bertz CT molecular complexity index is 781. The van der Waals surface area contributed by atoms with Gasteiger partial charge in [0.25, 0.3) is 5.56 Å². The molecule has 4 nitrogen and oxygen atoms in total. The van der Waals surface area contributed by atoms with Crippen LogP contribution >= 0.6 is 0 Å². The number of aromatic nitrogens is 2. The number of hydrogen-bond donors (Lipinski definition) is 1. The molecule has 0 saturated carbocycles. The van der Waals surface area contributed by atoms with E-state index in [1.54, 1.807) is 6.20 Å². The lowest BCUT2D eigenvalue weighted by Crippen LogP contribution is -2.23. The lowest BCUT2D eigenvalue weighted by atomic mass is 10.2. The van der Waals surface area contributed by atoms with Gasteiger partial charge in [0.1, 0.15) is 0 Å². The molecule has 106 valence electrons. The van der Waals surface area contributed by atoms with Crippen molar-refractivity contribution in [3.05, 3.63) is 71.1 Å². The molecule has 0 atom stereocenters. The second kappa shape index (κ2) is 6.22. The molecule has 0 aliphatic carbocycles. The van der Waals surface area contributed by atoms with Gasteiger partial charge in [-0.25, -0.2) is 4.68 Å². The standard InChI is InChI=1S/C17H17N3O/c21-17-16-10-5-4-7-14(16)13-19-20(17)12-6-11-18-15-8-2-1-3-9-15/h1-5,7-10,13,18H,6,11-12H2. The Morgan fingerprint density at radius 1 is 1.00 bits per heavy atom. The molecule has 2 aromatic carbocycles. The van der Waals surface area contributed by atoms with E-state index in [1.165, 1.54) is 4.68 Å². The highest BCUT2D eigenvalue weighted by Crippen LogP contribution is 2.07. The fourth-order valence-electron chi connectivity index (χ4n) is 2.30. The first kappa shape index (κ1) is 13.4. The van der Waals surface area contributed by atoms with Gasteiger partial charge in [-0.05, 0) is 24.6 Å². The predicted octanol–water partition coefficient (Wildman–Crippen LogP) is 2.90. The van der Waals surface area contributed by atoms with E-state index >= 15 is 0 Å². The fourth-order valence-corrected chi connectivity index (χ4v) is 2.30. The average Bonchev–Trinajstić information content (AvgIpc) is 2.55. The summed E-state index contributed by atoms with van der Waals surface area (Å²) in [6, 6.07) is 17.6. The third-order valence-corrected chi connectivity index (χ3v) is 3.41. The van der Waals surface area contributed by atoms with Crippen LogP contribution in [0.15, 0.2) is 65.6 Å². The molecule has 0 aliphatic heterocycles. The first-order valence-corrected chi connectivity index (χ1v) is 7.08. The molecule has 0 bridgehead atoms. The first-order valence-electron chi connectivity index (χ1n) is 7.08. The molecule has 0 amide bonds. The van der Waals surface area contributed by atoms with Crippen molar-refractivity contribution in [1.29, 1.82) is 0 Å². The second-order valence-electron chi connectivity index (χ2n) is 4.91. The van der Waals surface area contributed by atoms with Crippen molar-refractivity contribution in [2.45, 2.75) is 13.0 Å². The Kier molecular flexibility index (Phi) is 3.96. The molecule has 0 spiro atoms. The van der Waals surface area contributed by atoms with E-state index in [0.29, 0.717) is 6.54 Å². The number of benzene rings is 2. The molecule has 0 saturated heterocycles. The van der Waals surface area contributed by atoms with Crippen LogP contribution in [-0.2, 0) is 6.54 Å². The molecular weight excluding hydrogens is 262 g/mol. The molecule has 0 fully saturated rings. The van der Waals surface area contributed by atoms with Crippen LogP contribution in [0, 0.1) is 0 Å². The zero-order valence-corrected chi connectivity index (χ0v) is 11.7. The van der Waals surface area contributed by atoms with Crippen LogP contribution in [0.1, 0.15) is 6.42 Å². The summed E-state index contributed by atoms with van der Waals surface area (Å²) in [5, 5.41) is 9.17. The van der Waals surface area contributed by atoms with Crippen molar-refractivity contribution in [2.24, 2.45) is 0 Å². The van der Waals surface area contributed by atoms with E-state index in [0.717, 1.165) is 29.4 Å². The molecule has 21 heavy (non-hydrogen) atoms. The maximum atomic E-state index is 12.3. The molecular formula is C17H17N3O. The smallest absolute Gasteiger partial charge is 0.274 e. The molecule has 0 radical (unpaired) electrons. The largest absolute Gasteiger partial charge is 0.385 e. The minimum Gasteiger partial charge on any atom is -0.385 e. The van der Waals surface area contributed by atoms with E-state index in [2.05, 4.69) is 10.4 Å². The van der Waals surface area contributed by atoms with Gasteiger partial charge >= 0.3 is 0 Å². The van der Waals surface area contributed by atoms with Crippen molar-refractivity contribution in [3.8, 4) is 0 Å². The lowest BCUT2D eigenvalue weighted by Gasteiger charge is -2.08. The van der Waals surface area contributed by atoms with Crippen LogP contribution in [0.3, 0.4) is 0 Å². The average molecular weight is 279 g/mol. The number of fused-ring (bicyclic) bond motifs is 1. The van der Waals surface area contributed by atoms with Crippen molar-refractivity contribution < 1.29 is 0 Å². The molecule has 1 aromatic heterocycles. The Morgan fingerprint density at radius 3 is 2.62 bits per heavy atom. The third kappa shape index (κ3) is 3.11. The van der Waals surface area contributed by atoms with E-state index < -0.39 is 0 Å². The highest BCUT2D eigenvalue weighted by molar-refractivity contribution is 5.80. The van der Waals surface area contributed by atoms with Crippen LogP contribution < -0.4 is 10.9 Å². The summed E-state index contributed by atoms with van der Waals surface area (Å²) < 4.78 is 1.54. The second-order valence-corrected chi connectivity index (χ2v) is 4.91. The van der Waals surface area contributed by atoms with Gasteiger partial charge in [-0.2, -0.15) is 5.10 Å². The number of nitrogens with zero attached hydrogens (tertiary/aromatic N) is 2. The minimum absolute atomic E-state index is 0.0205. The van der Waals surface area contributed by atoms with Crippen molar-refractivity contribution in [2.75, 3.05) is 11.9 Å². The monoisotopic (exact) mass is 279 g/mol. The van der Waals surface area contributed by atoms with Crippen molar-refractivity contribution in [1.82, 2.24) is 9.78 Å². The van der Waals surface area contributed by atoms with Crippen molar-refractivity contribution in [3.63, 3.8) is 0 Å². The zero-order valence-electron chi connectivity index (χ0n) is 11.7. The maximum Gasteiger partial charge on any atom is 0.274 e. The molecule has 0 aliphatic rings. The van der Waals surface area contributed by atoms with Crippen LogP contribution in [0.25, 0.3) is 10.8 Å². The van der Waals surface area contributed by atoms with Gasteiger partial charge in [0.15, 0.2) is 0 Å². The van der Waals surface area contributed by atoms with E-state index in [1.807, 2.05) is 54.6 Å². The normalized spacial score (nSPS) is 10.7. The molecule has 1 heterocycles. The van der Waals surface area contributed by atoms with E-state index in [4.69, 9.17) is 0 Å². The quantitative estimate of drug-likeness (QED) is 0.730. The summed E-state index contributed by atoms with van der Waals surface area (Å²) in [5.41, 5.74) is 1.07. The van der Waals surface area contributed by atoms with Gasteiger partial charge in [-0.15, -0.1) is 0 Å². The molecule has 4 heteroatoms. The molecule has 1 N–H and O–H groups in total. The fraction of sp³-hybridized carbons (Fsp3) is 0.176. The number of rotatable bonds is 5. The highest BCUT2D eigenvalue weighted by atomic mass is 16.1. The molecule has 3 aromatic rings. The summed E-state index contributed by atoms with van der Waals surface area (Å²) in [6.07, 6.45) is 2.60. The van der Waals surface area contributed by atoms with Crippen LogP contribution in [0.2, 0.25) is 0 Å². The van der Waals surface area contributed by atoms with Crippen LogP contribution in [-0.4, -0.2) is 16.3 Å². The van der Waals surface area contributed by atoms with E-state index in [9.17, 15) is 4.79 Å². The SMILES string of the molecule is O=c1c2ccccc2cnn1CCCNc1ccccc1. The highest BCUT2D eigenvalue weighted by Gasteiger charge is 2.02. The topological polar surface area (TPSA) is 46.9 Å². The summed E-state index contributed by atoms with van der Waals surface area (Å²) in [6.45, 7) is 1.43. The van der Waals surface area contributed by atoms with Gasteiger partial charge in [-0.3, -0.25) is 4.79 Å². The first-order chi connectivity index (χ1) is 10.3. The Balaban J connectivity index is 1.63. The van der Waals surface area contributed by atoms with Gasteiger partial charge in [0.2, 0.25) is 0 Å². The summed E-state index contributed by atoms with van der Waals surface area (Å²) in [4.78, 5) is 12.3. The lowest BCUT2D eigenvalue weighted by molar-refractivity contribution is 0.565. The molecule has 3 rings (SSSR count). The van der Waals surface area contributed by atoms with Crippen LogP contribution in [0.4, 0.5) is 5.69 Å². The summed E-state index contributed by atoms with van der Waals surface area (Å²) in [5.74, 6) is 0. The summed E-state index contributed by atoms with van der Waals surface area (Å²) >= 11 is 0. The zero-order chi connectivity index (χ0) is 14.5. The number of aryl methyl sites for hydroxylation is 1. The Labute approximate surface area is 123 Å². The van der Waals surface area contributed by atoms with Gasteiger partial charge in [-0.1, -0.05) is 36.4 Å². The van der Waals surface area contributed by atoms with Gasteiger partial charge < -0.3 is 5.32 Å². The minimum atomic E-state index is -0.0205. The molecule has 0 unspecified atom stereocenters. The maximum absolute atomic E-state index is 12.3. The third-order valence-electron chi connectivity index (χ3n) is 3.41. The number of hydrogen-bond acceptors (Lipinski definition) is 3. The predicted molar refractivity (Wildman–Crippen MR) is 85.6 cm³/mol. The number of para-hydroxylation sites is 1. The number of anilines is 1.